The molecule has 0 aromatic rings. The van der Waals surface area contributed by atoms with Gasteiger partial charge in [-0.15, -0.1) is 0 Å². The monoisotopic (exact) mass is 183 g/mol. The SMILES string of the molecule is CCN(CC)CC1CCCN1[C]=O. The van der Waals surface area contributed by atoms with E-state index in [-0.39, 0.29) is 0 Å². The summed E-state index contributed by atoms with van der Waals surface area (Å²) in [7, 11) is 0. The fourth-order valence-electron chi connectivity index (χ4n) is 1.93. The van der Waals surface area contributed by atoms with Gasteiger partial charge >= 0.3 is 6.41 Å². The van der Waals surface area contributed by atoms with E-state index in [1.54, 1.807) is 0 Å². The molecule has 1 radical (unpaired) electrons. The Morgan fingerprint density at radius 2 is 2.15 bits per heavy atom. The van der Waals surface area contributed by atoms with E-state index >= 15 is 0 Å². The van der Waals surface area contributed by atoms with Gasteiger partial charge in [-0.05, 0) is 25.9 Å². The summed E-state index contributed by atoms with van der Waals surface area (Å²) in [5.41, 5.74) is 0. The summed E-state index contributed by atoms with van der Waals surface area (Å²) in [6.07, 6.45) is 4.31. The number of nitrogens with zero attached hydrogens (tertiary/aromatic N) is 2. The van der Waals surface area contributed by atoms with Crippen LogP contribution in [0.2, 0.25) is 0 Å². The molecule has 0 spiro atoms. The van der Waals surface area contributed by atoms with Gasteiger partial charge in [0.05, 0.1) is 0 Å². The van der Waals surface area contributed by atoms with Gasteiger partial charge in [0, 0.05) is 19.1 Å². The van der Waals surface area contributed by atoms with Crippen molar-refractivity contribution in [3.05, 3.63) is 0 Å². The average Bonchev–Trinajstić information content (AvgIpc) is 2.61. The standard InChI is InChI=1S/C10H19N2O/c1-3-11(4-2)8-10-6-5-7-12(10)9-13/h10H,3-8H2,1-2H3. The van der Waals surface area contributed by atoms with Crippen molar-refractivity contribution in [1.82, 2.24) is 9.80 Å². The number of rotatable bonds is 5. The topological polar surface area (TPSA) is 23.6 Å². The van der Waals surface area contributed by atoms with Gasteiger partial charge in [-0.3, -0.25) is 4.79 Å². The average molecular weight is 183 g/mol. The van der Waals surface area contributed by atoms with E-state index < -0.39 is 0 Å². The van der Waals surface area contributed by atoms with Crippen molar-refractivity contribution in [3.63, 3.8) is 0 Å². The number of hydrogen-bond acceptors (Lipinski definition) is 2. The molecule has 0 bridgehead atoms. The van der Waals surface area contributed by atoms with Gasteiger partial charge in [0.1, 0.15) is 0 Å². The summed E-state index contributed by atoms with van der Waals surface area (Å²) < 4.78 is 0. The molecule has 0 saturated carbocycles. The highest BCUT2D eigenvalue weighted by molar-refractivity contribution is 5.49. The summed E-state index contributed by atoms with van der Waals surface area (Å²) in [6, 6.07) is 0.414. The maximum atomic E-state index is 10.6. The third kappa shape index (κ3) is 2.69. The molecule has 1 amide bonds. The molecule has 75 valence electrons. The molecule has 3 nitrogen and oxygen atoms in total. The summed E-state index contributed by atoms with van der Waals surface area (Å²) in [5.74, 6) is 0. The minimum Gasteiger partial charge on any atom is -0.330 e. The van der Waals surface area contributed by atoms with E-state index in [0.29, 0.717) is 6.04 Å². The zero-order valence-corrected chi connectivity index (χ0v) is 8.62. The molecular weight excluding hydrogens is 164 g/mol. The van der Waals surface area contributed by atoms with Crippen molar-refractivity contribution in [1.29, 1.82) is 0 Å². The molecule has 1 heterocycles. The highest BCUT2D eigenvalue weighted by Gasteiger charge is 2.24. The van der Waals surface area contributed by atoms with Gasteiger partial charge in [0.2, 0.25) is 0 Å². The largest absolute Gasteiger partial charge is 0.330 e. The molecule has 1 atom stereocenters. The predicted molar refractivity (Wildman–Crippen MR) is 53.2 cm³/mol. The minimum atomic E-state index is 0.414. The van der Waals surface area contributed by atoms with Gasteiger partial charge < -0.3 is 9.80 Å². The molecule has 0 aromatic carbocycles. The van der Waals surface area contributed by atoms with Crippen LogP contribution in [0.25, 0.3) is 0 Å². The highest BCUT2D eigenvalue weighted by atomic mass is 16.1. The lowest BCUT2D eigenvalue weighted by atomic mass is 10.2. The Bertz CT molecular complexity index is 157. The van der Waals surface area contributed by atoms with Crippen LogP contribution in [0.1, 0.15) is 26.7 Å². The molecule has 1 aliphatic heterocycles. The second-order valence-corrected chi connectivity index (χ2v) is 3.57. The van der Waals surface area contributed by atoms with Gasteiger partial charge in [0.25, 0.3) is 0 Å². The molecule has 1 fully saturated rings. The Morgan fingerprint density at radius 3 is 2.69 bits per heavy atom. The van der Waals surface area contributed by atoms with Gasteiger partial charge in [-0.1, -0.05) is 13.8 Å². The molecule has 0 aromatic heterocycles. The van der Waals surface area contributed by atoms with Crippen LogP contribution in [0.5, 0.6) is 0 Å². The van der Waals surface area contributed by atoms with Crippen molar-refractivity contribution in [2.45, 2.75) is 32.7 Å². The summed E-state index contributed by atoms with van der Waals surface area (Å²) in [5, 5.41) is 0. The first-order valence-electron chi connectivity index (χ1n) is 5.18. The summed E-state index contributed by atoms with van der Waals surface area (Å²) in [6.45, 7) is 8.37. The molecule has 1 saturated heterocycles. The zero-order chi connectivity index (χ0) is 9.68. The van der Waals surface area contributed by atoms with Crippen LogP contribution in [0.4, 0.5) is 0 Å². The fraction of sp³-hybridized carbons (Fsp3) is 0.900. The van der Waals surface area contributed by atoms with Gasteiger partial charge in [-0.2, -0.15) is 0 Å². The maximum Gasteiger partial charge on any atom is 0.312 e. The predicted octanol–water partition coefficient (Wildman–Crippen LogP) is 0.860. The third-order valence-electron chi connectivity index (χ3n) is 2.86. The van der Waals surface area contributed by atoms with Crippen LogP contribution < -0.4 is 0 Å². The van der Waals surface area contributed by atoms with E-state index in [4.69, 9.17) is 0 Å². The van der Waals surface area contributed by atoms with E-state index in [2.05, 4.69) is 18.7 Å². The number of hydrogen-bond donors (Lipinski definition) is 0. The normalized spacial score (nSPS) is 22.7. The Morgan fingerprint density at radius 1 is 1.46 bits per heavy atom. The van der Waals surface area contributed by atoms with Gasteiger partial charge in [0.15, 0.2) is 0 Å². The maximum absolute atomic E-state index is 10.6. The molecule has 0 N–H and O–H groups in total. The van der Waals surface area contributed by atoms with Crippen LogP contribution >= 0.6 is 0 Å². The van der Waals surface area contributed by atoms with E-state index in [0.717, 1.165) is 39.0 Å². The fourth-order valence-corrected chi connectivity index (χ4v) is 1.93. The Balaban J connectivity index is 2.37. The Hall–Kier alpha value is -0.570. The van der Waals surface area contributed by atoms with Crippen molar-refractivity contribution in [2.75, 3.05) is 26.2 Å². The van der Waals surface area contributed by atoms with E-state index in [9.17, 15) is 4.79 Å². The lowest BCUT2D eigenvalue weighted by Crippen LogP contribution is -2.39. The first-order valence-corrected chi connectivity index (χ1v) is 5.18. The quantitative estimate of drug-likeness (QED) is 0.631. The third-order valence-corrected chi connectivity index (χ3v) is 2.86. The number of likely N-dealkylation sites (N-methyl/N-ethyl adjacent to an activating group) is 1. The second kappa shape index (κ2) is 5.22. The zero-order valence-electron chi connectivity index (χ0n) is 8.62. The molecule has 13 heavy (non-hydrogen) atoms. The molecule has 1 aliphatic rings. The molecule has 1 rings (SSSR count). The Kier molecular flexibility index (Phi) is 4.22. The summed E-state index contributed by atoms with van der Waals surface area (Å²) >= 11 is 0. The van der Waals surface area contributed by atoms with Crippen molar-refractivity contribution in [2.24, 2.45) is 0 Å². The van der Waals surface area contributed by atoms with Crippen LogP contribution in [-0.2, 0) is 4.79 Å². The van der Waals surface area contributed by atoms with Crippen LogP contribution in [0.15, 0.2) is 0 Å². The molecule has 0 aliphatic carbocycles. The number of amides is 1. The Labute approximate surface area is 80.7 Å². The minimum absolute atomic E-state index is 0.414. The molecule has 1 unspecified atom stereocenters. The second-order valence-electron chi connectivity index (χ2n) is 3.57. The first-order chi connectivity index (χ1) is 6.31. The van der Waals surface area contributed by atoms with Crippen molar-refractivity contribution >= 4 is 6.41 Å². The van der Waals surface area contributed by atoms with Crippen LogP contribution in [0, 0.1) is 0 Å². The van der Waals surface area contributed by atoms with Crippen molar-refractivity contribution < 1.29 is 4.79 Å². The van der Waals surface area contributed by atoms with Crippen LogP contribution in [-0.4, -0.2) is 48.4 Å². The van der Waals surface area contributed by atoms with E-state index in [1.807, 2.05) is 11.3 Å². The van der Waals surface area contributed by atoms with Crippen molar-refractivity contribution in [3.8, 4) is 0 Å². The summed E-state index contributed by atoms with van der Waals surface area (Å²) in [4.78, 5) is 14.7. The lowest BCUT2D eigenvalue weighted by molar-refractivity contribution is 0.228. The molecule has 3 heteroatoms. The highest BCUT2D eigenvalue weighted by Crippen LogP contribution is 2.15. The van der Waals surface area contributed by atoms with E-state index in [1.165, 1.54) is 0 Å². The molecular formula is C10H19N2O. The van der Waals surface area contributed by atoms with Gasteiger partial charge in [-0.25, -0.2) is 0 Å². The van der Waals surface area contributed by atoms with Crippen LogP contribution in [0.3, 0.4) is 0 Å². The number of likely N-dealkylation sites (tertiary alicyclic amines) is 1. The smallest absolute Gasteiger partial charge is 0.312 e. The number of carbonyl (C=O) groups excluding carboxylic acids is 1. The first kappa shape index (κ1) is 10.5. The lowest BCUT2D eigenvalue weighted by Gasteiger charge is -2.26.